The van der Waals surface area contributed by atoms with E-state index in [9.17, 15) is 4.79 Å². The molecule has 1 aliphatic heterocycles. The fourth-order valence-electron chi connectivity index (χ4n) is 3.47. The van der Waals surface area contributed by atoms with Crippen LogP contribution in [0.2, 0.25) is 0 Å². The van der Waals surface area contributed by atoms with Crippen LogP contribution in [0.15, 0.2) is 18.3 Å². The third-order valence-corrected chi connectivity index (χ3v) is 4.97. The van der Waals surface area contributed by atoms with Gasteiger partial charge in [0.15, 0.2) is 5.82 Å². The van der Waals surface area contributed by atoms with Gasteiger partial charge in [-0.3, -0.25) is 4.79 Å². The highest BCUT2D eigenvalue weighted by atomic mass is 16.2. The van der Waals surface area contributed by atoms with E-state index >= 15 is 0 Å². The van der Waals surface area contributed by atoms with Crippen molar-refractivity contribution in [2.24, 2.45) is 5.92 Å². The Morgan fingerprint density at radius 1 is 1.35 bits per heavy atom. The third kappa shape index (κ3) is 3.07. The van der Waals surface area contributed by atoms with Crippen molar-refractivity contribution in [1.82, 2.24) is 24.6 Å². The van der Waals surface area contributed by atoms with Gasteiger partial charge in [0.2, 0.25) is 0 Å². The molecule has 2 aliphatic rings. The number of nitriles is 1. The van der Waals surface area contributed by atoms with Gasteiger partial charge in [0.25, 0.3) is 5.91 Å². The Hall–Kier alpha value is -2.75. The highest BCUT2D eigenvalue weighted by molar-refractivity contribution is 5.94. The van der Waals surface area contributed by atoms with Gasteiger partial charge in [-0.25, -0.2) is 14.6 Å². The molecule has 7 nitrogen and oxygen atoms in total. The van der Waals surface area contributed by atoms with Crippen molar-refractivity contribution in [1.29, 1.82) is 5.26 Å². The van der Waals surface area contributed by atoms with Gasteiger partial charge in [-0.2, -0.15) is 10.4 Å². The lowest BCUT2D eigenvalue weighted by Crippen LogP contribution is -2.43. The maximum absolute atomic E-state index is 13.1. The molecule has 1 aliphatic carbocycles. The summed E-state index contributed by atoms with van der Waals surface area (Å²) in [6, 6.07) is 5.17. The molecule has 2 aromatic rings. The maximum Gasteiger partial charge on any atom is 0.256 e. The molecular weight excluding hydrogens is 328 g/mol. The SMILES string of the molecule is CC(C)C[C@H]1c2nc(C3CC3)nn2CCN1C(=O)c1ccc(C#N)nc1. The van der Waals surface area contributed by atoms with Gasteiger partial charge in [-0.1, -0.05) is 13.8 Å². The maximum atomic E-state index is 13.1. The molecule has 0 radical (unpaired) electrons. The number of pyridine rings is 1. The van der Waals surface area contributed by atoms with E-state index in [1.807, 2.05) is 15.7 Å². The molecule has 7 heteroatoms. The summed E-state index contributed by atoms with van der Waals surface area (Å²) < 4.78 is 1.99. The number of hydrogen-bond acceptors (Lipinski definition) is 5. The molecule has 0 saturated heterocycles. The normalized spacial score (nSPS) is 19.3. The van der Waals surface area contributed by atoms with E-state index in [1.165, 1.54) is 6.20 Å². The van der Waals surface area contributed by atoms with Crippen LogP contribution in [0.3, 0.4) is 0 Å². The molecule has 1 saturated carbocycles. The van der Waals surface area contributed by atoms with Crippen LogP contribution < -0.4 is 0 Å². The lowest BCUT2D eigenvalue weighted by atomic mass is 9.99. The molecule has 2 aromatic heterocycles. The van der Waals surface area contributed by atoms with Crippen molar-refractivity contribution in [2.75, 3.05) is 6.54 Å². The van der Waals surface area contributed by atoms with Crippen LogP contribution in [0, 0.1) is 17.2 Å². The highest BCUT2D eigenvalue weighted by Crippen LogP contribution is 2.40. The first-order chi connectivity index (χ1) is 12.6. The number of nitrogens with zero attached hydrogens (tertiary/aromatic N) is 6. The van der Waals surface area contributed by atoms with Gasteiger partial charge in [-0.05, 0) is 37.3 Å². The molecule has 4 rings (SSSR count). The molecule has 1 atom stereocenters. The zero-order valence-corrected chi connectivity index (χ0v) is 15.1. The quantitative estimate of drug-likeness (QED) is 0.846. The summed E-state index contributed by atoms with van der Waals surface area (Å²) in [6.45, 7) is 5.59. The van der Waals surface area contributed by atoms with E-state index in [0.717, 1.165) is 30.9 Å². The molecule has 3 heterocycles. The average molecular weight is 350 g/mol. The molecule has 26 heavy (non-hydrogen) atoms. The van der Waals surface area contributed by atoms with Crippen LogP contribution in [0.1, 0.15) is 72.8 Å². The molecule has 1 amide bonds. The van der Waals surface area contributed by atoms with Crippen LogP contribution >= 0.6 is 0 Å². The van der Waals surface area contributed by atoms with Crippen molar-refractivity contribution in [3.63, 3.8) is 0 Å². The third-order valence-electron chi connectivity index (χ3n) is 4.97. The molecule has 0 N–H and O–H groups in total. The average Bonchev–Trinajstić information content (AvgIpc) is 3.40. The van der Waals surface area contributed by atoms with Gasteiger partial charge in [0.05, 0.1) is 18.2 Å². The predicted octanol–water partition coefficient (Wildman–Crippen LogP) is 2.67. The number of aromatic nitrogens is 4. The van der Waals surface area contributed by atoms with Crippen LogP contribution in [-0.4, -0.2) is 37.1 Å². The summed E-state index contributed by atoms with van der Waals surface area (Å²) in [7, 11) is 0. The fourth-order valence-corrected chi connectivity index (χ4v) is 3.47. The van der Waals surface area contributed by atoms with E-state index < -0.39 is 0 Å². The van der Waals surface area contributed by atoms with Crippen molar-refractivity contribution < 1.29 is 4.79 Å². The highest BCUT2D eigenvalue weighted by Gasteiger charge is 2.37. The summed E-state index contributed by atoms with van der Waals surface area (Å²) in [5, 5.41) is 13.6. The zero-order chi connectivity index (χ0) is 18.3. The van der Waals surface area contributed by atoms with E-state index in [2.05, 4.69) is 23.9 Å². The Morgan fingerprint density at radius 2 is 2.15 bits per heavy atom. The van der Waals surface area contributed by atoms with Crippen molar-refractivity contribution >= 4 is 5.91 Å². The van der Waals surface area contributed by atoms with Crippen molar-refractivity contribution in [3.05, 3.63) is 41.2 Å². The van der Waals surface area contributed by atoms with E-state index in [1.54, 1.807) is 12.1 Å². The number of rotatable bonds is 4. The smallest absolute Gasteiger partial charge is 0.256 e. The molecule has 134 valence electrons. The van der Waals surface area contributed by atoms with Crippen LogP contribution in [0.25, 0.3) is 0 Å². The first-order valence-electron chi connectivity index (χ1n) is 9.18. The molecule has 0 aromatic carbocycles. The van der Waals surface area contributed by atoms with E-state index in [0.29, 0.717) is 36.2 Å². The van der Waals surface area contributed by atoms with Crippen molar-refractivity contribution in [3.8, 4) is 6.07 Å². The number of hydrogen-bond donors (Lipinski definition) is 0. The predicted molar refractivity (Wildman–Crippen MR) is 94.2 cm³/mol. The number of carbonyl (C=O) groups is 1. The van der Waals surface area contributed by atoms with Gasteiger partial charge in [0, 0.05) is 18.7 Å². The largest absolute Gasteiger partial charge is 0.326 e. The lowest BCUT2D eigenvalue weighted by Gasteiger charge is -2.36. The minimum absolute atomic E-state index is 0.0603. The molecule has 0 unspecified atom stereocenters. The summed E-state index contributed by atoms with van der Waals surface area (Å²) in [5.74, 6) is 2.71. The first kappa shape index (κ1) is 16.7. The second-order valence-electron chi connectivity index (χ2n) is 7.51. The number of carbonyl (C=O) groups excluding carboxylic acids is 1. The second kappa shape index (κ2) is 6.52. The van der Waals surface area contributed by atoms with E-state index in [4.69, 9.17) is 10.2 Å². The number of amides is 1. The monoisotopic (exact) mass is 350 g/mol. The summed E-state index contributed by atoms with van der Waals surface area (Å²) >= 11 is 0. The first-order valence-corrected chi connectivity index (χ1v) is 9.18. The Bertz CT molecular complexity index is 859. The molecular formula is C19H22N6O. The van der Waals surface area contributed by atoms with Crippen molar-refractivity contribution in [2.45, 2.75) is 51.6 Å². The summed E-state index contributed by atoms with van der Waals surface area (Å²) in [6.07, 6.45) is 4.66. The van der Waals surface area contributed by atoms with Crippen LogP contribution in [-0.2, 0) is 6.54 Å². The van der Waals surface area contributed by atoms with Gasteiger partial charge in [-0.15, -0.1) is 0 Å². The Balaban J connectivity index is 1.65. The van der Waals surface area contributed by atoms with E-state index in [-0.39, 0.29) is 11.9 Å². The minimum Gasteiger partial charge on any atom is -0.326 e. The molecule has 0 spiro atoms. The van der Waals surface area contributed by atoms with Crippen LogP contribution in [0.5, 0.6) is 0 Å². The summed E-state index contributed by atoms with van der Waals surface area (Å²) in [4.78, 5) is 23.8. The summed E-state index contributed by atoms with van der Waals surface area (Å²) in [5.41, 5.74) is 0.820. The minimum atomic E-state index is -0.0770. The zero-order valence-electron chi connectivity index (χ0n) is 15.1. The standard InChI is InChI=1S/C19H22N6O/c1-12(2)9-16-18-22-17(13-3-4-13)23-25(18)8-7-24(16)19(26)14-5-6-15(10-20)21-11-14/h5-6,11-13,16H,3-4,7-9H2,1-2H3/t16-/m0/s1. The Morgan fingerprint density at radius 3 is 2.77 bits per heavy atom. The second-order valence-corrected chi connectivity index (χ2v) is 7.51. The van der Waals surface area contributed by atoms with Crippen LogP contribution in [0.4, 0.5) is 0 Å². The molecule has 0 bridgehead atoms. The fraction of sp³-hybridized carbons (Fsp3) is 0.526. The topological polar surface area (TPSA) is 87.7 Å². The van der Waals surface area contributed by atoms with Gasteiger partial charge >= 0.3 is 0 Å². The van der Waals surface area contributed by atoms with Gasteiger partial charge < -0.3 is 4.90 Å². The number of fused-ring (bicyclic) bond motifs is 1. The Kier molecular flexibility index (Phi) is 4.19. The Labute approximate surface area is 152 Å². The van der Waals surface area contributed by atoms with Gasteiger partial charge in [0.1, 0.15) is 17.6 Å². The molecule has 1 fully saturated rings. The lowest BCUT2D eigenvalue weighted by molar-refractivity contribution is 0.0578.